The Balaban J connectivity index is 1.81. The molecular formula is C21H25NO3. The summed E-state index contributed by atoms with van der Waals surface area (Å²) in [5.41, 5.74) is 2.21. The number of hydrogen-bond acceptors (Lipinski definition) is 3. The van der Waals surface area contributed by atoms with Crippen molar-refractivity contribution in [2.75, 3.05) is 20.3 Å². The molecule has 0 fully saturated rings. The van der Waals surface area contributed by atoms with E-state index in [0.29, 0.717) is 32.5 Å². The van der Waals surface area contributed by atoms with Crippen LogP contribution in [0.25, 0.3) is 0 Å². The third-order valence-corrected chi connectivity index (χ3v) is 4.87. The number of hydrogen-bond donors (Lipinski definition) is 1. The van der Waals surface area contributed by atoms with E-state index < -0.39 is 5.60 Å². The fourth-order valence-corrected chi connectivity index (χ4v) is 3.53. The normalized spacial score (nSPS) is 18.8. The summed E-state index contributed by atoms with van der Waals surface area (Å²) >= 11 is 0. The highest BCUT2D eigenvalue weighted by Gasteiger charge is 2.38. The molecule has 0 aromatic heterocycles. The van der Waals surface area contributed by atoms with E-state index in [1.807, 2.05) is 48.5 Å². The Kier molecular flexibility index (Phi) is 5.51. The lowest BCUT2D eigenvalue weighted by Gasteiger charge is -2.32. The van der Waals surface area contributed by atoms with Crippen LogP contribution in [-0.4, -0.2) is 36.2 Å². The van der Waals surface area contributed by atoms with Crippen molar-refractivity contribution in [1.82, 2.24) is 4.90 Å². The molecule has 132 valence electrons. The number of ether oxygens (including phenoxy) is 1. The van der Waals surface area contributed by atoms with E-state index in [1.165, 1.54) is 5.56 Å². The van der Waals surface area contributed by atoms with Crippen LogP contribution in [-0.2, 0) is 28.1 Å². The van der Waals surface area contributed by atoms with E-state index in [-0.39, 0.29) is 5.91 Å². The second-order valence-electron chi connectivity index (χ2n) is 6.67. The Morgan fingerprint density at radius 1 is 1.16 bits per heavy atom. The van der Waals surface area contributed by atoms with Gasteiger partial charge in [-0.2, -0.15) is 0 Å². The van der Waals surface area contributed by atoms with Crippen molar-refractivity contribution in [3.63, 3.8) is 0 Å². The van der Waals surface area contributed by atoms with Gasteiger partial charge >= 0.3 is 0 Å². The number of methoxy groups -OCH3 is 1. The summed E-state index contributed by atoms with van der Waals surface area (Å²) in [5, 5.41) is 11.2. The minimum Gasteiger partial charge on any atom is -0.384 e. The van der Waals surface area contributed by atoms with Gasteiger partial charge in [0.05, 0.1) is 19.6 Å². The molecule has 2 aromatic rings. The molecule has 0 spiro atoms. The molecule has 4 heteroatoms. The van der Waals surface area contributed by atoms with Crippen molar-refractivity contribution >= 4 is 5.91 Å². The molecule has 1 unspecified atom stereocenters. The zero-order valence-electron chi connectivity index (χ0n) is 14.6. The molecule has 1 aliphatic rings. The minimum atomic E-state index is -0.978. The number of fused-ring (bicyclic) bond motifs is 1. The van der Waals surface area contributed by atoms with Gasteiger partial charge in [-0.3, -0.25) is 4.79 Å². The molecule has 0 heterocycles. The number of aliphatic hydroxyl groups is 1. The molecule has 0 saturated heterocycles. The lowest BCUT2D eigenvalue weighted by atomic mass is 9.95. The van der Waals surface area contributed by atoms with Gasteiger partial charge in [-0.05, 0) is 29.5 Å². The molecule has 1 aliphatic carbocycles. The number of carbonyl (C=O) groups is 1. The van der Waals surface area contributed by atoms with E-state index in [2.05, 4.69) is 6.07 Å². The van der Waals surface area contributed by atoms with E-state index in [0.717, 1.165) is 17.5 Å². The lowest BCUT2D eigenvalue weighted by molar-refractivity contribution is -0.137. The van der Waals surface area contributed by atoms with Crippen molar-refractivity contribution < 1.29 is 14.6 Å². The van der Waals surface area contributed by atoms with Gasteiger partial charge in [0.15, 0.2) is 0 Å². The highest BCUT2D eigenvalue weighted by Crippen LogP contribution is 2.37. The van der Waals surface area contributed by atoms with Gasteiger partial charge in [0.25, 0.3) is 0 Å². The molecule has 0 aliphatic heterocycles. The van der Waals surface area contributed by atoms with Crippen LogP contribution in [0.4, 0.5) is 0 Å². The monoisotopic (exact) mass is 339 g/mol. The topological polar surface area (TPSA) is 49.8 Å². The Labute approximate surface area is 149 Å². The summed E-state index contributed by atoms with van der Waals surface area (Å²) in [7, 11) is 1.59. The average molecular weight is 339 g/mol. The van der Waals surface area contributed by atoms with E-state index in [4.69, 9.17) is 4.74 Å². The molecule has 1 atom stereocenters. The highest BCUT2D eigenvalue weighted by atomic mass is 16.5. The van der Waals surface area contributed by atoms with Crippen molar-refractivity contribution in [3.8, 4) is 0 Å². The molecule has 0 radical (unpaired) electrons. The Morgan fingerprint density at radius 2 is 1.88 bits per heavy atom. The standard InChI is InChI=1S/C21H25NO3/c1-25-14-12-20(23)22(15-17-7-3-2-4-8-17)16-21(24)13-11-18-9-5-6-10-19(18)21/h2-10,24H,11-16H2,1H3. The number of rotatable bonds is 7. The molecule has 25 heavy (non-hydrogen) atoms. The highest BCUT2D eigenvalue weighted by molar-refractivity contribution is 5.76. The third kappa shape index (κ3) is 4.09. The quantitative estimate of drug-likeness (QED) is 0.844. The maximum Gasteiger partial charge on any atom is 0.225 e. The van der Waals surface area contributed by atoms with E-state index in [9.17, 15) is 9.90 Å². The lowest BCUT2D eigenvalue weighted by Crippen LogP contribution is -2.42. The first-order chi connectivity index (χ1) is 12.1. The zero-order chi connectivity index (χ0) is 17.7. The predicted octanol–water partition coefficient (Wildman–Crippen LogP) is 2.89. The Bertz CT molecular complexity index is 716. The van der Waals surface area contributed by atoms with Crippen molar-refractivity contribution in [2.45, 2.75) is 31.4 Å². The van der Waals surface area contributed by atoms with Gasteiger partial charge < -0.3 is 14.7 Å². The van der Waals surface area contributed by atoms with Crippen molar-refractivity contribution in [1.29, 1.82) is 0 Å². The largest absolute Gasteiger partial charge is 0.384 e. The van der Waals surface area contributed by atoms with E-state index in [1.54, 1.807) is 12.0 Å². The van der Waals surface area contributed by atoms with Crippen LogP contribution in [0.2, 0.25) is 0 Å². The predicted molar refractivity (Wildman–Crippen MR) is 97.0 cm³/mol. The summed E-state index contributed by atoms with van der Waals surface area (Å²) < 4.78 is 5.05. The smallest absolute Gasteiger partial charge is 0.225 e. The molecule has 0 saturated carbocycles. The summed E-state index contributed by atoms with van der Waals surface area (Å²) in [6.07, 6.45) is 1.81. The van der Waals surface area contributed by atoms with Crippen LogP contribution in [0, 0.1) is 0 Å². The first-order valence-corrected chi connectivity index (χ1v) is 8.74. The first-order valence-electron chi connectivity index (χ1n) is 8.74. The third-order valence-electron chi connectivity index (χ3n) is 4.87. The van der Waals surface area contributed by atoms with Gasteiger partial charge in [-0.15, -0.1) is 0 Å². The van der Waals surface area contributed by atoms with Gasteiger partial charge in [0.1, 0.15) is 5.60 Å². The first kappa shape index (κ1) is 17.6. The Hall–Kier alpha value is -2.17. The number of aryl methyl sites for hydroxylation is 1. The molecule has 2 aromatic carbocycles. The van der Waals surface area contributed by atoms with Crippen LogP contribution >= 0.6 is 0 Å². The van der Waals surface area contributed by atoms with Crippen LogP contribution in [0.1, 0.15) is 29.5 Å². The van der Waals surface area contributed by atoms with Crippen molar-refractivity contribution in [3.05, 3.63) is 71.3 Å². The number of nitrogens with zero attached hydrogens (tertiary/aromatic N) is 1. The maximum absolute atomic E-state index is 12.7. The molecule has 0 bridgehead atoms. The zero-order valence-corrected chi connectivity index (χ0v) is 14.6. The average Bonchev–Trinajstić information content (AvgIpc) is 2.97. The molecular weight excluding hydrogens is 314 g/mol. The summed E-state index contributed by atoms with van der Waals surface area (Å²) in [6, 6.07) is 17.9. The van der Waals surface area contributed by atoms with Crippen LogP contribution in [0.5, 0.6) is 0 Å². The summed E-state index contributed by atoms with van der Waals surface area (Å²) in [6.45, 7) is 1.19. The van der Waals surface area contributed by atoms with Gasteiger partial charge in [0, 0.05) is 13.7 Å². The van der Waals surface area contributed by atoms with E-state index >= 15 is 0 Å². The van der Waals surface area contributed by atoms with Gasteiger partial charge in [0.2, 0.25) is 5.91 Å². The SMILES string of the molecule is COCCC(=O)N(Cc1ccccc1)CC1(O)CCc2ccccc21. The summed E-state index contributed by atoms with van der Waals surface area (Å²) in [4.78, 5) is 14.4. The fourth-order valence-electron chi connectivity index (χ4n) is 3.53. The van der Waals surface area contributed by atoms with Crippen LogP contribution in [0.15, 0.2) is 54.6 Å². The summed E-state index contributed by atoms with van der Waals surface area (Å²) in [5.74, 6) is 0.00325. The van der Waals surface area contributed by atoms with Crippen LogP contribution < -0.4 is 0 Å². The fraction of sp³-hybridized carbons (Fsp3) is 0.381. The molecule has 1 N–H and O–H groups in total. The van der Waals surface area contributed by atoms with Gasteiger partial charge in [-0.25, -0.2) is 0 Å². The number of benzene rings is 2. The van der Waals surface area contributed by atoms with Gasteiger partial charge in [-0.1, -0.05) is 54.6 Å². The van der Waals surface area contributed by atoms with Crippen molar-refractivity contribution in [2.24, 2.45) is 0 Å². The maximum atomic E-state index is 12.7. The Morgan fingerprint density at radius 3 is 2.64 bits per heavy atom. The second kappa shape index (κ2) is 7.81. The minimum absolute atomic E-state index is 0.00325. The second-order valence-corrected chi connectivity index (χ2v) is 6.67. The number of carbonyl (C=O) groups excluding carboxylic acids is 1. The molecule has 4 nitrogen and oxygen atoms in total. The molecule has 1 amide bonds. The van der Waals surface area contributed by atoms with Crippen LogP contribution in [0.3, 0.4) is 0 Å². The molecule has 3 rings (SSSR count). The number of amides is 1.